The van der Waals surface area contributed by atoms with Crippen molar-refractivity contribution in [3.05, 3.63) is 51.5 Å². The van der Waals surface area contributed by atoms with Crippen molar-refractivity contribution in [3.8, 4) is 11.6 Å². The smallest absolute Gasteiger partial charge is 0.304 e. The lowest BCUT2D eigenvalue weighted by Gasteiger charge is -2.13. The number of aromatic nitrogens is 1. The number of azo groups is 1. The first kappa shape index (κ1) is 18.4. The van der Waals surface area contributed by atoms with Gasteiger partial charge in [-0.05, 0) is 55.8 Å². The van der Waals surface area contributed by atoms with Gasteiger partial charge in [-0.3, -0.25) is 4.79 Å². The highest BCUT2D eigenvalue weighted by Crippen LogP contribution is 2.36. The second-order valence-corrected chi connectivity index (χ2v) is 7.07. The summed E-state index contributed by atoms with van der Waals surface area (Å²) >= 11 is 9.27. The molecule has 1 amide bonds. The number of aromatic hydroxyl groups is 1. The number of carbonyl (C=O) groups is 1. The fourth-order valence-corrected chi connectivity index (χ4v) is 2.99. The Morgan fingerprint density at radius 2 is 2.08 bits per heavy atom. The van der Waals surface area contributed by atoms with Crippen molar-refractivity contribution in [2.45, 2.75) is 20.0 Å². The van der Waals surface area contributed by atoms with Crippen LogP contribution in [-0.4, -0.2) is 22.1 Å². The predicted octanol–water partition coefficient (Wildman–Crippen LogP) is 5.68. The molecule has 0 aliphatic rings. The van der Waals surface area contributed by atoms with Gasteiger partial charge in [0.1, 0.15) is 5.75 Å². The van der Waals surface area contributed by atoms with Crippen LogP contribution < -0.4 is 4.74 Å². The van der Waals surface area contributed by atoms with Crippen molar-refractivity contribution < 1.29 is 14.6 Å². The number of amides is 1. The lowest BCUT2D eigenvalue weighted by atomic mass is 10.2. The fourth-order valence-electron chi connectivity index (χ4n) is 2.40. The Morgan fingerprint density at radius 3 is 2.81 bits per heavy atom. The average molecular weight is 437 g/mol. The summed E-state index contributed by atoms with van der Waals surface area (Å²) in [5, 5.41) is 18.8. The Bertz CT molecular complexity index is 1020. The Hall–Kier alpha value is -2.38. The highest BCUT2D eigenvalue weighted by molar-refractivity contribution is 9.10. The van der Waals surface area contributed by atoms with E-state index in [2.05, 4.69) is 31.1 Å². The molecule has 1 aromatic heterocycles. The first-order valence-electron chi connectivity index (χ1n) is 7.73. The van der Waals surface area contributed by atoms with Gasteiger partial charge in [0.2, 0.25) is 5.88 Å². The fraction of sp³-hybridized carbons (Fsp3) is 0.167. The molecule has 1 unspecified atom stereocenters. The van der Waals surface area contributed by atoms with E-state index in [1.165, 1.54) is 0 Å². The molecule has 134 valence electrons. The third kappa shape index (κ3) is 3.89. The molecule has 26 heavy (non-hydrogen) atoms. The first-order valence-corrected chi connectivity index (χ1v) is 8.91. The van der Waals surface area contributed by atoms with Gasteiger partial charge < -0.3 is 14.8 Å². The number of benzene rings is 2. The molecule has 0 bridgehead atoms. The third-order valence-corrected chi connectivity index (χ3v) is 4.48. The summed E-state index contributed by atoms with van der Waals surface area (Å²) < 4.78 is 6.45. The van der Waals surface area contributed by atoms with E-state index in [0.717, 1.165) is 10.0 Å². The van der Waals surface area contributed by atoms with Crippen LogP contribution in [0.25, 0.3) is 10.9 Å². The molecule has 0 fully saturated rings. The molecule has 1 atom stereocenters. The van der Waals surface area contributed by atoms with Crippen molar-refractivity contribution in [1.29, 1.82) is 0 Å². The van der Waals surface area contributed by atoms with E-state index < -0.39 is 12.0 Å². The van der Waals surface area contributed by atoms with Crippen molar-refractivity contribution >= 4 is 50.0 Å². The molecule has 0 saturated carbocycles. The van der Waals surface area contributed by atoms with E-state index in [9.17, 15) is 9.90 Å². The second-order valence-electron chi connectivity index (χ2n) is 5.72. The predicted molar refractivity (Wildman–Crippen MR) is 103 cm³/mol. The summed E-state index contributed by atoms with van der Waals surface area (Å²) in [6, 6.07) is 10.5. The summed E-state index contributed by atoms with van der Waals surface area (Å²) in [5.41, 5.74) is 1.70. The van der Waals surface area contributed by atoms with Gasteiger partial charge in [-0.15, -0.1) is 10.2 Å². The number of ether oxygens (including phenoxy) is 1. The largest absolute Gasteiger partial charge is 0.493 e. The molecular formula is C18H15BrClN3O3. The van der Waals surface area contributed by atoms with E-state index >= 15 is 0 Å². The number of hydrogen-bond donors (Lipinski definition) is 2. The molecule has 8 heteroatoms. The van der Waals surface area contributed by atoms with Gasteiger partial charge in [0.05, 0.1) is 5.52 Å². The van der Waals surface area contributed by atoms with Crippen molar-refractivity contribution in [2.24, 2.45) is 10.2 Å². The van der Waals surface area contributed by atoms with Gasteiger partial charge >= 0.3 is 5.91 Å². The van der Waals surface area contributed by atoms with Crippen molar-refractivity contribution in [1.82, 2.24) is 4.98 Å². The number of nitrogens with one attached hydrogen (secondary N) is 1. The van der Waals surface area contributed by atoms with Crippen molar-refractivity contribution in [3.63, 3.8) is 0 Å². The molecular weight excluding hydrogens is 422 g/mol. The summed E-state index contributed by atoms with van der Waals surface area (Å²) in [6.45, 7) is 3.42. The normalized spacial score (nSPS) is 12.6. The van der Waals surface area contributed by atoms with E-state index in [0.29, 0.717) is 21.7 Å². The number of rotatable bonds is 4. The Balaban J connectivity index is 1.79. The van der Waals surface area contributed by atoms with Crippen LogP contribution in [0.5, 0.6) is 11.6 Å². The maximum absolute atomic E-state index is 12.2. The minimum absolute atomic E-state index is 0.156. The van der Waals surface area contributed by atoms with Crippen molar-refractivity contribution in [2.75, 3.05) is 0 Å². The molecule has 0 saturated heterocycles. The molecule has 0 spiro atoms. The van der Waals surface area contributed by atoms with E-state index in [1.807, 2.05) is 13.0 Å². The second kappa shape index (κ2) is 7.47. The molecule has 0 aliphatic carbocycles. The zero-order valence-electron chi connectivity index (χ0n) is 14.0. The summed E-state index contributed by atoms with van der Waals surface area (Å²) in [4.78, 5) is 15.0. The van der Waals surface area contributed by atoms with Crippen LogP contribution in [0.1, 0.15) is 12.5 Å². The molecule has 0 radical (unpaired) electrons. The Kier molecular flexibility index (Phi) is 5.29. The molecule has 3 rings (SSSR count). The van der Waals surface area contributed by atoms with E-state index in [-0.39, 0.29) is 11.6 Å². The van der Waals surface area contributed by atoms with Crippen LogP contribution in [0, 0.1) is 6.92 Å². The van der Waals surface area contributed by atoms with Crippen LogP contribution in [0.4, 0.5) is 5.69 Å². The monoisotopic (exact) mass is 435 g/mol. The molecule has 2 aromatic carbocycles. The first-order chi connectivity index (χ1) is 12.3. The molecule has 6 nitrogen and oxygen atoms in total. The molecule has 3 aromatic rings. The third-order valence-electron chi connectivity index (χ3n) is 3.75. The van der Waals surface area contributed by atoms with Gasteiger partial charge in [-0.1, -0.05) is 27.5 Å². The Labute approximate surface area is 163 Å². The minimum Gasteiger partial charge on any atom is -0.493 e. The SMILES string of the molecule is Cc1cc(Cl)ccc1OC(C)C(=O)N=Nc1c(O)[nH]c2ccc(Br)cc12. The van der Waals surface area contributed by atoms with Crippen LogP contribution in [0.2, 0.25) is 5.02 Å². The topological polar surface area (TPSA) is 87.0 Å². The number of hydrogen-bond acceptors (Lipinski definition) is 4. The minimum atomic E-state index is -0.835. The standard InChI is InChI=1S/C18H15BrClN3O3/c1-9-7-12(20)4-6-15(9)26-10(2)17(24)23-22-16-13-8-11(19)3-5-14(13)21-18(16)25/h3-8,10,21,25H,1-2H3. The van der Waals surface area contributed by atoms with Gasteiger partial charge in [-0.25, -0.2) is 0 Å². The number of H-pyrrole nitrogens is 1. The summed E-state index contributed by atoms with van der Waals surface area (Å²) in [6.07, 6.45) is -0.835. The zero-order valence-corrected chi connectivity index (χ0v) is 16.3. The molecule has 1 heterocycles. The number of halogens is 2. The van der Waals surface area contributed by atoms with Crippen LogP contribution in [0.3, 0.4) is 0 Å². The number of fused-ring (bicyclic) bond motifs is 1. The van der Waals surface area contributed by atoms with Gasteiger partial charge in [0.25, 0.3) is 0 Å². The zero-order chi connectivity index (χ0) is 18.8. The van der Waals surface area contributed by atoms with E-state index in [4.69, 9.17) is 16.3 Å². The van der Waals surface area contributed by atoms with Gasteiger partial charge in [0, 0.05) is 14.9 Å². The quantitative estimate of drug-likeness (QED) is 0.516. The lowest BCUT2D eigenvalue weighted by Crippen LogP contribution is -2.21. The van der Waals surface area contributed by atoms with Crippen LogP contribution in [-0.2, 0) is 4.79 Å². The van der Waals surface area contributed by atoms with Crippen LogP contribution in [0.15, 0.2) is 51.1 Å². The van der Waals surface area contributed by atoms with Crippen LogP contribution >= 0.6 is 27.5 Å². The maximum Gasteiger partial charge on any atom is 0.304 e. The maximum atomic E-state index is 12.2. The lowest BCUT2D eigenvalue weighted by molar-refractivity contribution is -0.124. The van der Waals surface area contributed by atoms with E-state index in [1.54, 1.807) is 37.3 Å². The van der Waals surface area contributed by atoms with Gasteiger partial charge in [-0.2, -0.15) is 0 Å². The highest BCUT2D eigenvalue weighted by atomic mass is 79.9. The number of nitrogens with zero attached hydrogens (tertiary/aromatic N) is 2. The summed E-state index contributed by atoms with van der Waals surface area (Å²) in [7, 11) is 0. The number of aryl methyl sites for hydroxylation is 1. The average Bonchev–Trinajstić information content (AvgIpc) is 2.89. The number of carbonyl (C=O) groups excluding carboxylic acids is 1. The molecule has 0 aliphatic heterocycles. The summed E-state index contributed by atoms with van der Waals surface area (Å²) in [5.74, 6) is -0.177. The Morgan fingerprint density at radius 1 is 1.31 bits per heavy atom. The number of aromatic amines is 1. The van der Waals surface area contributed by atoms with Gasteiger partial charge in [0.15, 0.2) is 11.8 Å². The highest BCUT2D eigenvalue weighted by Gasteiger charge is 2.17. The molecule has 2 N–H and O–H groups in total.